The monoisotopic (exact) mass is 612 g/mol. The largest absolute Gasteiger partial charge is 0.365 e. The van der Waals surface area contributed by atoms with Gasteiger partial charge in [-0.2, -0.15) is 0 Å². The van der Waals surface area contributed by atoms with Gasteiger partial charge in [-0.1, -0.05) is 128 Å². The molecule has 0 aliphatic rings. The van der Waals surface area contributed by atoms with E-state index < -0.39 is 8.60 Å². The molecule has 10 heteroatoms. The Kier molecular flexibility index (Phi) is 44.6. The van der Waals surface area contributed by atoms with Crippen molar-refractivity contribution in [3.63, 3.8) is 0 Å². The first kappa shape index (κ1) is 43.4. The van der Waals surface area contributed by atoms with E-state index >= 15 is 0 Å². The van der Waals surface area contributed by atoms with Crippen LogP contribution in [0, 0.1) is 0 Å². The number of nitrogens with zero attached hydrogens (tertiary/aromatic N) is 2. The molecule has 0 amide bonds. The standard InChI is InChI=1S/2C14H30N2S.CH5O3P/c2*1-4-6-8-10-12-15-14(17-3)16-13-11-9-7-5-2;1-4-5(2)3/h2*4-13H2,1-3H3,(H,15,16);2-3H,1H3. The van der Waals surface area contributed by atoms with E-state index in [4.69, 9.17) is 9.79 Å². The van der Waals surface area contributed by atoms with E-state index in [2.05, 4.69) is 65.3 Å². The topological polar surface area (TPSA) is 98.5 Å². The third kappa shape index (κ3) is 42.6. The van der Waals surface area contributed by atoms with Crippen molar-refractivity contribution in [1.29, 1.82) is 0 Å². The highest BCUT2D eigenvalue weighted by atomic mass is 32.2. The zero-order valence-electron chi connectivity index (χ0n) is 26.6. The van der Waals surface area contributed by atoms with Crippen molar-refractivity contribution >= 4 is 42.5 Å². The molecule has 0 aliphatic heterocycles. The Bertz CT molecular complexity index is 477. The lowest BCUT2D eigenvalue weighted by atomic mass is 10.2. The summed E-state index contributed by atoms with van der Waals surface area (Å²) in [5.41, 5.74) is 0. The number of rotatable bonds is 21. The van der Waals surface area contributed by atoms with Crippen molar-refractivity contribution in [2.24, 2.45) is 9.98 Å². The molecule has 0 aromatic heterocycles. The minimum atomic E-state index is -2.10. The summed E-state index contributed by atoms with van der Waals surface area (Å²) in [6.45, 7) is 13.1. The molecule has 0 unspecified atom stereocenters. The van der Waals surface area contributed by atoms with Crippen LogP contribution in [0.1, 0.15) is 130 Å². The lowest BCUT2D eigenvalue weighted by molar-refractivity contribution is 0.310. The Morgan fingerprint density at radius 2 is 0.897 bits per heavy atom. The molecule has 0 atom stereocenters. The summed E-state index contributed by atoms with van der Waals surface area (Å²) in [6.07, 6.45) is 25.1. The van der Waals surface area contributed by atoms with E-state index in [9.17, 15) is 0 Å². The van der Waals surface area contributed by atoms with Gasteiger partial charge < -0.3 is 24.9 Å². The number of hydrogen-bond acceptors (Lipinski definition) is 7. The van der Waals surface area contributed by atoms with Gasteiger partial charge in [-0.15, -0.1) is 0 Å². The van der Waals surface area contributed by atoms with Crippen LogP contribution >= 0.6 is 32.1 Å². The molecule has 0 rings (SSSR count). The average Bonchev–Trinajstić information content (AvgIpc) is 2.95. The van der Waals surface area contributed by atoms with Gasteiger partial charge in [-0.3, -0.25) is 9.98 Å². The van der Waals surface area contributed by atoms with E-state index in [0.29, 0.717) is 0 Å². The Morgan fingerprint density at radius 3 is 1.15 bits per heavy atom. The van der Waals surface area contributed by atoms with Crippen LogP contribution in [0.25, 0.3) is 0 Å². The second kappa shape index (κ2) is 40.1. The fraction of sp³-hybridized carbons (Fsp3) is 0.931. The number of nitrogens with one attached hydrogen (secondary N) is 2. The Morgan fingerprint density at radius 1 is 0.590 bits per heavy atom. The first-order chi connectivity index (χ1) is 19.0. The summed E-state index contributed by atoms with van der Waals surface area (Å²) in [7, 11) is -0.870. The second-order valence-electron chi connectivity index (χ2n) is 9.31. The number of hydrogen-bond donors (Lipinski definition) is 4. The van der Waals surface area contributed by atoms with E-state index in [0.717, 1.165) is 36.5 Å². The first-order valence-corrected chi connectivity index (χ1v) is 18.9. The summed E-state index contributed by atoms with van der Waals surface area (Å²) in [5.74, 6) is 0. The van der Waals surface area contributed by atoms with Gasteiger partial charge in [0.15, 0.2) is 10.3 Å². The van der Waals surface area contributed by atoms with Crippen LogP contribution in [0.3, 0.4) is 0 Å². The molecule has 4 N–H and O–H groups in total. The molecule has 0 aromatic carbocycles. The van der Waals surface area contributed by atoms with Gasteiger partial charge in [-0.05, 0) is 38.2 Å². The molecule has 0 bridgehead atoms. The van der Waals surface area contributed by atoms with Gasteiger partial charge in [0.1, 0.15) is 0 Å². The normalized spacial score (nSPS) is 11.5. The molecule has 0 fully saturated rings. The zero-order valence-corrected chi connectivity index (χ0v) is 29.1. The van der Waals surface area contributed by atoms with Crippen LogP contribution in [0.15, 0.2) is 9.98 Å². The molecular weight excluding hydrogens is 547 g/mol. The van der Waals surface area contributed by atoms with Crippen LogP contribution in [0.4, 0.5) is 0 Å². The first-order valence-electron chi connectivity index (χ1n) is 15.3. The highest BCUT2D eigenvalue weighted by molar-refractivity contribution is 8.13. The SMILES string of the molecule is CCCCCCN=C(NCCCCCC)SC.CCCCCCN=C(NCCCCCC)SC.COP(O)O. The van der Waals surface area contributed by atoms with E-state index in [1.165, 1.54) is 110 Å². The van der Waals surface area contributed by atoms with E-state index in [1.807, 2.05) is 0 Å². The molecular formula is C29H65N4O3PS2. The van der Waals surface area contributed by atoms with Crippen molar-refractivity contribution in [3.8, 4) is 0 Å². The second-order valence-corrected chi connectivity index (χ2v) is 11.8. The fourth-order valence-corrected chi connectivity index (χ4v) is 4.25. The predicted octanol–water partition coefficient (Wildman–Crippen LogP) is 8.76. The van der Waals surface area contributed by atoms with Crippen molar-refractivity contribution < 1.29 is 14.3 Å². The fourth-order valence-electron chi connectivity index (χ4n) is 3.32. The van der Waals surface area contributed by atoms with Crippen LogP contribution in [0.5, 0.6) is 0 Å². The summed E-state index contributed by atoms with van der Waals surface area (Å²) in [5, 5.41) is 9.11. The summed E-state index contributed by atoms with van der Waals surface area (Å²) >= 11 is 3.47. The molecule has 236 valence electrons. The molecule has 0 saturated heterocycles. The number of amidine groups is 2. The van der Waals surface area contributed by atoms with Gasteiger partial charge >= 0.3 is 8.60 Å². The molecule has 0 spiro atoms. The van der Waals surface area contributed by atoms with Gasteiger partial charge in [-0.25, -0.2) is 0 Å². The lowest BCUT2D eigenvalue weighted by Gasteiger charge is -2.07. The highest BCUT2D eigenvalue weighted by Crippen LogP contribution is 2.20. The molecule has 7 nitrogen and oxygen atoms in total. The third-order valence-electron chi connectivity index (χ3n) is 5.70. The zero-order chi connectivity index (χ0) is 29.8. The van der Waals surface area contributed by atoms with Crippen LogP contribution in [-0.4, -0.2) is 65.9 Å². The van der Waals surface area contributed by atoms with Crippen molar-refractivity contribution in [2.45, 2.75) is 130 Å². The average molecular weight is 613 g/mol. The van der Waals surface area contributed by atoms with E-state index in [1.54, 1.807) is 23.5 Å². The van der Waals surface area contributed by atoms with E-state index in [-0.39, 0.29) is 0 Å². The summed E-state index contributed by atoms with van der Waals surface area (Å²) < 4.78 is 3.93. The molecule has 0 aromatic rings. The third-order valence-corrected chi connectivity index (χ3v) is 7.34. The van der Waals surface area contributed by atoms with Crippen molar-refractivity contribution in [2.75, 3.05) is 45.8 Å². The van der Waals surface area contributed by atoms with Gasteiger partial charge in [0.25, 0.3) is 0 Å². The quantitative estimate of drug-likeness (QED) is 0.0445. The maximum absolute atomic E-state index is 7.76. The number of aliphatic imine (C=N–C) groups is 2. The Labute approximate surface area is 253 Å². The van der Waals surface area contributed by atoms with Gasteiger partial charge in [0, 0.05) is 33.3 Å². The lowest BCUT2D eigenvalue weighted by Crippen LogP contribution is -2.21. The maximum atomic E-state index is 7.76. The Hall–Kier alpha value is -0.0500. The molecule has 39 heavy (non-hydrogen) atoms. The van der Waals surface area contributed by atoms with Crippen molar-refractivity contribution in [3.05, 3.63) is 0 Å². The predicted molar refractivity (Wildman–Crippen MR) is 183 cm³/mol. The number of unbranched alkanes of at least 4 members (excludes halogenated alkanes) is 12. The van der Waals surface area contributed by atoms with Crippen LogP contribution < -0.4 is 10.6 Å². The summed E-state index contributed by atoms with van der Waals surface area (Å²) in [4.78, 5) is 24.7. The highest BCUT2D eigenvalue weighted by Gasteiger charge is 1.97. The minimum Gasteiger partial charge on any atom is -0.365 e. The molecule has 0 heterocycles. The van der Waals surface area contributed by atoms with Crippen LogP contribution in [-0.2, 0) is 4.52 Å². The number of thioether (sulfide) groups is 2. The Balaban J connectivity index is -0.000000566. The molecule has 0 saturated carbocycles. The maximum Gasteiger partial charge on any atom is 0.326 e. The van der Waals surface area contributed by atoms with Crippen molar-refractivity contribution in [1.82, 2.24) is 10.6 Å². The minimum absolute atomic E-state index is 0.984. The molecule has 0 aliphatic carbocycles. The van der Waals surface area contributed by atoms with Crippen LogP contribution in [0.2, 0.25) is 0 Å². The smallest absolute Gasteiger partial charge is 0.326 e. The van der Waals surface area contributed by atoms with Gasteiger partial charge in [0.05, 0.1) is 0 Å². The van der Waals surface area contributed by atoms with Gasteiger partial charge in [0.2, 0.25) is 0 Å². The molecule has 0 radical (unpaired) electrons. The summed E-state index contributed by atoms with van der Waals surface area (Å²) in [6, 6.07) is 0.